The van der Waals surface area contributed by atoms with Gasteiger partial charge in [-0.1, -0.05) is 42.5 Å². The zero-order valence-corrected chi connectivity index (χ0v) is 10.6. The summed E-state index contributed by atoms with van der Waals surface area (Å²) >= 11 is 0. The minimum Gasteiger partial charge on any atom is -0.481 e. The Morgan fingerprint density at radius 2 is 2.11 bits per heavy atom. The maximum Gasteiger partial charge on any atom is 0.303 e. The zero-order valence-electron chi connectivity index (χ0n) is 10.6. The second-order valence-electron chi connectivity index (χ2n) is 4.28. The number of hydrogen-bond acceptors (Lipinski definition) is 2. The van der Waals surface area contributed by atoms with Crippen LogP contribution in [0.4, 0.5) is 0 Å². The first-order valence-corrected chi connectivity index (χ1v) is 6.19. The number of benzene rings is 1. The Hall–Kier alpha value is -2.36. The van der Waals surface area contributed by atoms with Crippen LogP contribution in [0, 0.1) is 0 Å². The topological polar surface area (TPSA) is 55.1 Å². The lowest BCUT2D eigenvalue weighted by atomic mass is 10.2. The second kappa shape index (κ2) is 6.54. The van der Waals surface area contributed by atoms with E-state index in [4.69, 9.17) is 5.11 Å². The number of carboxylic acids is 1. The number of rotatable bonds is 6. The summed E-state index contributed by atoms with van der Waals surface area (Å²) in [5, 5.41) is 12.8. The van der Waals surface area contributed by atoms with Crippen LogP contribution in [-0.2, 0) is 17.8 Å². The smallest absolute Gasteiger partial charge is 0.303 e. The predicted octanol–water partition coefficient (Wildman–Crippen LogP) is 2.61. The molecule has 0 atom stereocenters. The third-order valence-corrected chi connectivity index (χ3v) is 2.72. The molecule has 0 bridgehead atoms. The van der Waals surface area contributed by atoms with Gasteiger partial charge in [-0.05, 0) is 17.5 Å². The molecule has 1 heterocycles. The molecule has 0 aliphatic carbocycles. The summed E-state index contributed by atoms with van der Waals surface area (Å²) in [6.07, 6.45) is 8.35. The van der Waals surface area contributed by atoms with Crippen LogP contribution < -0.4 is 0 Å². The van der Waals surface area contributed by atoms with Crippen LogP contribution >= 0.6 is 0 Å². The number of aromatic nitrogens is 2. The van der Waals surface area contributed by atoms with Crippen molar-refractivity contribution in [2.24, 2.45) is 0 Å². The Bertz CT molecular complexity index is 559. The minimum absolute atomic E-state index is 0.144. The summed E-state index contributed by atoms with van der Waals surface area (Å²) in [6.45, 7) is 0.683. The molecule has 1 aromatic heterocycles. The van der Waals surface area contributed by atoms with Gasteiger partial charge in [-0.25, -0.2) is 0 Å². The van der Waals surface area contributed by atoms with Crippen molar-refractivity contribution in [1.82, 2.24) is 9.78 Å². The monoisotopic (exact) mass is 256 g/mol. The van der Waals surface area contributed by atoms with E-state index in [1.165, 1.54) is 0 Å². The highest BCUT2D eigenvalue weighted by atomic mass is 16.4. The minimum atomic E-state index is -0.781. The maximum absolute atomic E-state index is 10.5. The van der Waals surface area contributed by atoms with Crippen LogP contribution in [0.1, 0.15) is 17.5 Å². The molecule has 0 aliphatic heterocycles. The average molecular weight is 256 g/mol. The number of nitrogens with zero attached hydrogens (tertiary/aromatic N) is 2. The van der Waals surface area contributed by atoms with Crippen molar-refractivity contribution in [3.8, 4) is 0 Å². The van der Waals surface area contributed by atoms with E-state index in [1.807, 2.05) is 48.7 Å². The summed E-state index contributed by atoms with van der Waals surface area (Å²) in [5.74, 6) is -0.781. The van der Waals surface area contributed by atoms with E-state index in [0.29, 0.717) is 13.0 Å². The van der Waals surface area contributed by atoms with E-state index in [-0.39, 0.29) is 6.42 Å². The molecule has 0 aliphatic rings. The highest BCUT2D eigenvalue weighted by Gasteiger charge is 2.01. The first kappa shape index (κ1) is 13.1. The Morgan fingerprint density at radius 3 is 2.84 bits per heavy atom. The standard InChI is InChI=1S/C15H16N2O2/c18-15(19)9-8-14-11-16-17(12-14)10-4-7-13-5-2-1-3-6-13/h1-7,11-12H,8-10H2,(H,18,19)/b7-4+. The van der Waals surface area contributed by atoms with Crippen LogP contribution in [0.3, 0.4) is 0 Å². The first-order valence-electron chi connectivity index (χ1n) is 6.19. The highest BCUT2D eigenvalue weighted by molar-refractivity contribution is 5.67. The average Bonchev–Trinajstić information content (AvgIpc) is 2.86. The van der Waals surface area contributed by atoms with E-state index in [2.05, 4.69) is 5.10 Å². The van der Waals surface area contributed by atoms with Crippen molar-refractivity contribution in [3.05, 3.63) is 59.9 Å². The zero-order chi connectivity index (χ0) is 13.5. The summed E-state index contributed by atoms with van der Waals surface area (Å²) in [5.41, 5.74) is 2.11. The van der Waals surface area contributed by atoms with Gasteiger partial charge >= 0.3 is 5.97 Å². The van der Waals surface area contributed by atoms with Gasteiger partial charge in [0.05, 0.1) is 12.7 Å². The largest absolute Gasteiger partial charge is 0.481 e. The number of carboxylic acid groups (broad SMARTS) is 1. The van der Waals surface area contributed by atoms with Gasteiger partial charge in [-0.3, -0.25) is 9.48 Å². The van der Waals surface area contributed by atoms with Crippen LogP contribution in [0.2, 0.25) is 0 Å². The molecule has 2 rings (SSSR count). The van der Waals surface area contributed by atoms with Crippen molar-refractivity contribution in [3.63, 3.8) is 0 Å². The molecule has 98 valence electrons. The van der Waals surface area contributed by atoms with Gasteiger partial charge in [-0.15, -0.1) is 0 Å². The van der Waals surface area contributed by atoms with E-state index < -0.39 is 5.97 Å². The fraction of sp³-hybridized carbons (Fsp3) is 0.200. The van der Waals surface area contributed by atoms with Gasteiger partial charge in [0.1, 0.15) is 0 Å². The molecule has 2 aromatic rings. The molecule has 0 amide bonds. The fourth-order valence-corrected chi connectivity index (χ4v) is 1.75. The Balaban J connectivity index is 1.86. The van der Waals surface area contributed by atoms with E-state index >= 15 is 0 Å². The van der Waals surface area contributed by atoms with Crippen molar-refractivity contribution in [2.75, 3.05) is 0 Å². The third kappa shape index (κ3) is 4.43. The Kier molecular flexibility index (Phi) is 4.50. The number of aryl methyl sites for hydroxylation is 1. The fourth-order valence-electron chi connectivity index (χ4n) is 1.75. The van der Waals surface area contributed by atoms with Crippen molar-refractivity contribution >= 4 is 12.0 Å². The van der Waals surface area contributed by atoms with Crippen molar-refractivity contribution in [2.45, 2.75) is 19.4 Å². The van der Waals surface area contributed by atoms with Gasteiger partial charge in [0.25, 0.3) is 0 Å². The Labute approximate surface area is 112 Å². The van der Waals surface area contributed by atoms with Crippen LogP contribution in [0.15, 0.2) is 48.8 Å². The molecule has 1 aromatic carbocycles. The molecule has 19 heavy (non-hydrogen) atoms. The van der Waals surface area contributed by atoms with E-state index in [9.17, 15) is 4.79 Å². The summed E-state index contributed by atoms with van der Waals surface area (Å²) < 4.78 is 1.80. The van der Waals surface area contributed by atoms with Crippen LogP contribution in [0.25, 0.3) is 6.08 Å². The number of carbonyl (C=O) groups is 1. The molecule has 0 saturated carbocycles. The molecule has 0 radical (unpaired) electrons. The van der Waals surface area contributed by atoms with Gasteiger partial charge in [-0.2, -0.15) is 5.10 Å². The number of aliphatic carboxylic acids is 1. The van der Waals surface area contributed by atoms with Crippen LogP contribution in [0.5, 0.6) is 0 Å². The molecule has 1 N–H and O–H groups in total. The summed E-state index contributed by atoms with van der Waals surface area (Å²) in [7, 11) is 0. The molecule has 0 spiro atoms. The number of hydrogen-bond donors (Lipinski definition) is 1. The molecule has 4 heteroatoms. The molecule has 0 fully saturated rings. The van der Waals surface area contributed by atoms with Gasteiger partial charge in [0.2, 0.25) is 0 Å². The predicted molar refractivity (Wildman–Crippen MR) is 73.7 cm³/mol. The highest BCUT2D eigenvalue weighted by Crippen LogP contribution is 2.04. The SMILES string of the molecule is O=C(O)CCc1cnn(C/C=C/c2ccccc2)c1. The van der Waals surface area contributed by atoms with Gasteiger partial charge < -0.3 is 5.11 Å². The van der Waals surface area contributed by atoms with E-state index in [1.54, 1.807) is 10.9 Å². The Morgan fingerprint density at radius 1 is 1.32 bits per heavy atom. The molecule has 0 saturated heterocycles. The summed E-state index contributed by atoms with van der Waals surface area (Å²) in [6, 6.07) is 10.1. The lowest BCUT2D eigenvalue weighted by Crippen LogP contribution is -1.97. The third-order valence-electron chi connectivity index (χ3n) is 2.72. The normalized spacial score (nSPS) is 10.9. The molecular formula is C15H16N2O2. The number of allylic oxidation sites excluding steroid dienone is 1. The molecule has 4 nitrogen and oxygen atoms in total. The quantitative estimate of drug-likeness (QED) is 0.864. The molecule has 0 unspecified atom stereocenters. The van der Waals surface area contributed by atoms with Crippen molar-refractivity contribution < 1.29 is 9.90 Å². The van der Waals surface area contributed by atoms with Gasteiger partial charge in [0, 0.05) is 12.6 Å². The molecular weight excluding hydrogens is 240 g/mol. The van der Waals surface area contributed by atoms with E-state index in [0.717, 1.165) is 11.1 Å². The maximum atomic E-state index is 10.5. The second-order valence-corrected chi connectivity index (χ2v) is 4.28. The van der Waals surface area contributed by atoms with Crippen LogP contribution in [-0.4, -0.2) is 20.9 Å². The first-order chi connectivity index (χ1) is 9.24. The van der Waals surface area contributed by atoms with Crippen molar-refractivity contribution in [1.29, 1.82) is 0 Å². The lowest BCUT2D eigenvalue weighted by Gasteiger charge is -1.95. The van der Waals surface area contributed by atoms with Gasteiger partial charge in [0.15, 0.2) is 0 Å². The lowest BCUT2D eigenvalue weighted by molar-refractivity contribution is -0.136. The summed E-state index contributed by atoms with van der Waals surface area (Å²) in [4.78, 5) is 10.5.